The van der Waals surface area contributed by atoms with Crippen LogP contribution in [0.3, 0.4) is 0 Å². The Balaban J connectivity index is 2.44. The second-order valence-electron chi connectivity index (χ2n) is 3.50. The smallest absolute Gasteiger partial charge is 0.125 e. The topological polar surface area (TPSA) is 47.3 Å². The van der Waals surface area contributed by atoms with Crippen molar-refractivity contribution in [3.63, 3.8) is 0 Å². The lowest BCUT2D eigenvalue weighted by atomic mass is 10.0. The molecule has 1 atom stereocenters. The Morgan fingerprint density at radius 3 is 2.82 bits per heavy atom. The van der Waals surface area contributed by atoms with E-state index in [1.54, 1.807) is 18.4 Å². The van der Waals surface area contributed by atoms with Crippen molar-refractivity contribution in [2.75, 3.05) is 7.11 Å². The molecule has 0 bridgehead atoms. The maximum atomic E-state index is 5.65. The molecular formula is C12H13BrN2OS. The molecule has 2 aromatic rings. The predicted octanol–water partition coefficient (Wildman–Crippen LogP) is 3.07. The molecule has 0 saturated carbocycles. The number of hydrazine groups is 1. The number of thiophene rings is 1. The van der Waals surface area contributed by atoms with Gasteiger partial charge in [0.1, 0.15) is 5.75 Å². The van der Waals surface area contributed by atoms with Crippen LogP contribution in [0.4, 0.5) is 0 Å². The fraction of sp³-hybridized carbons (Fsp3) is 0.167. The zero-order valence-electron chi connectivity index (χ0n) is 9.31. The van der Waals surface area contributed by atoms with Crippen molar-refractivity contribution in [3.8, 4) is 5.75 Å². The summed E-state index contributed by atoms with van der Waals surface area (Å²) in [6, 6.07) is 9.95. The summed E-state index contributed by atoms with van der Waals surface area (Å²) >= 11 is 5.09. The van der Waals surface area contributed by atoms with E-state index in [0.29, 0.717) is 0 Å². The highest BCUT2D eigenvalue weighted by atomic mass is 79.9. The number of benzene rings is 1. The molecule has 1 unspecified atom stereocenters. The van der Waals surface area contributed by atoms with Gasteiger partial charge in [0.25, 0.3) is 0 Å². The summed E-state index contributed by atoms with van der Waals surface area (Å²) < 4.78 is 6.37. The van der Waals surface area contributed by atoms with Gasteiger partial charge in [-0.05, 0) is 23.6 Å². The first-order valence-corrected chi connectivity index (χ1v) is 6.76. The van der Waals surface area contributed by atoms with Crippen LogP contribution in [0.1, 0.15) is 16.5 Å². The first-order valence-electron chi connectivity index (χ1n) is 5.09. The molecule has 5 heteroatoms. The highest BCUT2D eigenvalue weighted by Gasteiger charge is 2.17. The summed E-state index contributed by atoms with van der Waals surface area (Å²) in [6.07, 6.45) is 0. The highest BCUT2D eigenvalue weighted by Crippen LogP contribution is 2.33. The lowest BCUT2D eigenvalue weighted by molar-refractivity contribution is 0.404. The number of nitrogens with two attached hydrogens (primary N) is 1. The third-order valence-electron chi connectivity index (χ3n) is 2.50. The molecule has 2 rings (SSSR count). The van der Waals surface area contributed by atoms with Gasteiger partial charge in [-0.3, -0.25) is 5.84 Å². The van der Waals surface area contributed by atoms with Crippen LogP contribution in [0.15, 0.2) is 40.2 Å². The fourth-order valence-electron chi connectivity index (χ4n) is 1.70. The molecular weight excluding hydrogens is 300 g/mol. The summed E-state index contributed by atoms with van der Waals surface area (Å²) in [5, 5.41) is 2.03. The van der Waals surface area contributed by atoms with Gasteiger partial charge in [-0.1, -0.05) is 28.1 Å². The molecule has 0 saturated heterocycles. The van der Waals surface area contributed by atoms with Gasteiger partial charge in [0.2, 0.25) is 0 Å². The molecule has 90 valence electrons. The Morgan fingerprint density at radius 2 is 2.24 bits per heavy atom. The first kappa shape index (κ1) is 12.6. The van der Waals surface area contributed by atoms with Gasteiger partial charge in [0.05, 0.1) is 13.2 Å². The van der Waals surface area contributed by atoms with Gasteiger partial charge in [-0.15, -0.1) is 11.3 Å². The van der Waals surface area contributed by atoms with Gasteiger partial charge in [-0.2, -0.15) is 0 Å². The number of hydrogen-bond acceptors (Lipinski definition) is 4. The Bertz CT molecular complexity index is 487. The first-order chi connectivity index (χ1) is 8.26. The van der Waals surface area contributed by atoms with Crippen molar-refractivity contribution in [1.29, 1.82) is 0 Å². The summed E-state index contributed by atoms with van der Waals surface area (Å²) in [6.45, 7) is 0. The fourth-order valence-corrected chi connectivity index (χ4v) is 2.85. The summed E-state index contributed by atoms with van der Waals surface area (Å²) in [7, 11) is 1.66. The summed E-state index contributed by atoms with van der Waals surface area (Å²) in [5.41, 5.74) is 3.86. The van der Waals surface area contributed by atoms with E-state index in [4.69, 9.17) is 10.6 Å². The largest absolute Gasteiger partial charge is 0.496 e. The van der Waals surface area contributed by atoms with Crippen molar-refractivity contribution in [2.24, 2.45) is 5.84 Å². The average Bonchev–Trinajstić information content (AvgIpc) is 2.85. The maximum absolute atomic E-state index is 5.65. The molecule has 0 aliphatic rings. The van der Waals surface area contributed by atoms with E-state index in [9.17, 15) is 0 Å². The zero-order chi connectivity index (χ0) is 12.3. The standard InChI is InChI=1S/C12H13BrN2OS/c1-16-10-7-8(13)4-5-9(10)12(15-14)11-3-2-6-17-11/h2-7,12,15H,14H2,1H3. The zero-order valence-corrected chi connectivity index (χ0v) is 11.7. The molecule has 0 spiro atoms. The molecule has 3 N–H and O–H groups in total. The normalized spacial score (nSPS) is 12.4. The van der Waals surface area contributed by atoms with Crippen LogP contribution in [-0.4, -0.2) is 7.11 Å². The number of hydrogen-bond donors (Lipinski definition) is 2. The van der Waals surface area contributed by atoms with E-state index in [0.717, 1.165) is 20.7 Å². The number of nitrogens with one attached hydrogen (secondary N) is 1. The summed E-state index contributed by atoms with van der Waals surface area (Å²) in [5.74, 6) is 6.46. The van der Waals surface area contributed by atoms with E-state index in [1.165, 1.54) is 0 Å². The monoisotopic (exact) mass is 312 g/mol. The van der Waals surface area contributed by atoms with Crippen LogP contribution < -0.4 is 16.0 Å². The van der Waals surface area contributed by atoms with E-state index in [1.807, 2.05) is 29.6 Å². The minimum atomic E-state index is -0.0435. The van der Waals surface area contributed by atoms with Gasteiger partial charge in [-0.25, -0.2) is 5.43 Å². The Labute approximate surface area is 113 Å². The second kappa shape index (κ2) is 5.64. The Morgan fingerprint density at radius 1 is 1.41 bits per heavy atom. The lowest BCUT2D eigenvalue weighted by Gasteiger charge is -2.18. The van der Waals surface area contributed by atoms with E-state index in [-0.39, 0.29) is 6.04 Å². The highest BCUT2D eigenvalue weighted by molar-refractivity contribution is 9.10. The van der Waals surface area contributed by atoms with E-state index < -0.39 is 0 Å². The minimum absolute atomic E-state index is 0.0435. The number of methoxy groups -OCH3 is 1. The van der Waals surface area contributed by atoms with Crippen molar-refractivity contribution in [2.45, 2.75) is 6.04 Å². The predicted molar refractivity (Wildman–Crippen MR) is 74.2 cm³/mol. The van der Waals surface area contributed by atoms with Gasteiger partial charge in [0.15, 0.2) is 0 Å². The number of halogens is 1. The van der Waals surface area contributed by atoms with Crippen LogP contribution in [-0.2, 0) is 0 Å². The van der Waals surface area contributed by atoms with Crippen molar-refractivity contribution in [1.82, 2.24) is 5.43 Å². The van der Waals surface area contributed by atoms with E-state index in [2.05, 4.69) is 27.4 Å². The SMILES string of the molecule is COc1cc(Br)ccc1C(NN)c1cccs1. The maximum Gasteiger partial charge on any atom is 0.125 e. The molecule has 0 fully saturated rings. The van der Waals surface area contributed by atoms with Crippen molar-refractivity contribution < 1.29 is 4.74 Å². The molecule has 1 aromatic heterocycles. The third kappa shape index (κ3) is 2.69. The molecule has 0 aliphatic heterocycles. The average molecular weight is 313 g/mol. The van der Waals surface area contributed by atoms with E-state index >= 15 is 0 Å². The van der Waals surface area contributed by atoms with Crippen molar-refractivity contribution >= 4 is 27.3 Å². The number of rotatable bonds is 4. The molecule has 3 nitrogen and oxygen atoms in total. The van der Waals surface area contributed by atoms with Crippen LogP contribution >= 0.6 is 27.3 Å². The van der Waals surface area contributed by atoms with Crippen LogP contribution in [0, 0.1) is 0 Å². The second-order valence-corrected chi connectivity index (χ2v) is 5.40. The van der Waals surface area contributed by atoms with Crippen molar-refractivity contribution in [3.05, 3.63) is 50.6 Å². The van der Waals surface area contributed by atoms with Crippen LogP contribution in [0.2, 0.25) is 0 Å². The number of ether oxygens (including phenoxy) is 1. The summed E-state index contributed by atoms with van der Waals surface area (Å²) in [4.78, 5) is 1.16. The molecule has 1 aromatic carbocycles. The van der Waals surface area contributed by atoms with Gasteiger partial charge in [0, 0.05) is 14.9 Å². The molecule has 17 heavy (non-hydrogen) atoms. The quantitative estimate of drug-likeness (QED) is 0.674. The molecule has 0 radical (unpaired) electrons. The van der Waals surface area contributed by atoms with Gasteiger partial charge >= 0.3 is 0 Å². The van der Waals surface area contributed by atoms with Crippen LogP contribution in [0.5, 0.6) is 5.75 Å². The molecule has 0 aliphatic carbocycles. The third-order valence-corrected chi connectivity index (χ3v) is 3.93. The van der Waals surface area contributed by atoms with Gasteiger partial charge < -0.3 is 4.74 Å². The molecule has 1 heterocycles. The molecule has 0 amide bonds. The minimum Gasteiger partial charge on any atom is -0.496 e. The Kier molecular flexibility index (Phi) is 4.17. The van der Waals surface area contributed by atoms with Crippen LogP contribution in [0.25, 0.3) is 0 Å². The lowest BCUT2D eigenvalue weighted by Crippen LogP contribution is -2.28. The Hall–Kier alpha value is -0.880.